The van der Waals surface area contributed by atoms with Crippen LogP contribution in [0.5, 0.6) is 0 Å². The van der Waals surface area contributed by atoms with Crippen LogP contribution >= 0.6 is 27.7 Å². The summed E-state index contributed by atoms with van der Waals surface area (Å²) in [5.74, 6) is -0.777. The Balaban J connectivity index is 1.76. The second-order valence-electron chi connectivity index (χ2n) is 5.97. The number of hydrogen-bond donors (Lipinski definition) is 1. The van der Waals surface area contributed by atoms with Gasteiger partial charge in [-0.25, -0.2) is 13.2 Å². The molecule has 29 heavy (non-hydrogen) atoms. The minimum Gasteiger partial charge on any atom is -0.465 e. The molecule has 1 aliphatic rings. The van der Waals surface area contributed by atoms with Crippen LogP contribution in [0.15, 0.2) is 51.8 Å². The molecule has 11 heteroatoms. The van der Waals surface area contributed by atoms with E-state index in [0.29, 0.717) is 15.7 Å². The van der Waals surface area contributed by atoms with Crippen LogP contribution in [0, 0.1) is 0 Å². The number of thioether (sulfide) groups is 1. The number of anilines is 1. The van der Waals surface area contributed by atoms with Crippen molar-refractivity contribution in [1.82, 2.24) is 4.90 Å². The van der Waals surface area contributed by atoms with Gasteiger partial charge in [0.15, 0.2) is 0 Å². The first-order valence-electron chi connectivity index (χ1n) is 8.18. The maximum absolute atomic E-state index is 12.6. The minimum absolute atomic E-state index is 0.0866. The maximum atomic E-state index is 12.6. The van der Waals surface area contributed by atoms with Crippen molar-refractivity contribution in [2.24, 2.45) is 0 Å². The molecule has 0 unspecified atom stereocenters. The molecule has 0 aliphatic carbocycles. The number of hydrogen-bond acceptors (Lipinski definition) is 7. The molecule has 0 bridgehead atoms. The van der Waals surface area contributed by atoms with Crippen molar-refractivity contribution in [3.8, 4) is 0 Å². The first-order valence-corrected chi connectivity index (χ1v) is 11.4. The Morgan fingerprint density at radius 3 is 2.48 bits per heavy atom. The van der Waals surface area contributed by atoms with E-state index in [2.05, 4.69) is 25.4 Å². The molecule has 8 nitrogen and oxygen atoms in total. The van der Waals surface area contributed by atoms with Crippen molar-refractivity contribution >= 4 is 60.5 Å². The quantitative estimate of drug-likeness (QED) is 0.608. The van der Waals surface area contributed by atoms with E-state index in [1.807, 2.05) is 0 Å². The van der Waals surface area contributed by atoms with Gasteiger partial charge in [-0.1, -0.05) is 23.9 Å². The average Bonchev–Trinajstić information content (AvgIpc) is 3.00. The first-order chi connectivity index (χ1) is 13.7. The van der Waals surface area contributed by atoms with Gasteiger partial charge in [0.05, 0.1) is 29.9 Å². The van der Waals surface area contributed by atoms with E-state index in [4.69, 9.17) is 0 Å². The third kappa shape index (κ3) is 4.80. The number of ether oxygens (including phenoxy) is 1. The Bertz CT molecular complexity index is 1070. The average molecular weight is 499 g/mol. The molecule has 1 heterocycles. The third-order valence-corrected chi connectivity index (χ3v) is 6.97. The summed E-state index contributed by atoms with van der Waals surface area (Å²) in [6.07, 6.45) is 0. The zero-order valence-electron chi connectivity index (χ0n) is 15.0. The number of rotatable bonds is 6. The first kappa shape index (κ1) is 21.3. The lowest BCUT2D eigenvalue weighted by atomic mass is 10.2. The summed E-state index contributed by atoms with van der Waals surface area (Å²) < 4.78 is 32.8. The summed E-state index contributed by atoms with van der Waals surface area (Å²) >= 11 is 4.14. The zero-order chi connectivity index (χ0) is 21.2. The molecule has 0 saturated carbocycles. The fourth-order valence-electron chi connectivity index (χ4n) is 2.55. The Morgan fingerprint density at radius 1 is 1.21 bits per heavy atom. The Morgan fingerprint density at radius 2 is 1.90 bits per heavy atom. The van der Waals surface area contributed by atoms with Gasteiger partial charge in [0.2, 0.25) is 5.91 Å². The number of sulfonamides is 1. The Kier molecular flexibility index (Phi) is 6.30. The van der Waals surface area contributed by atoms with Crippen LogP contribution in [0.4, 0.5) is 10.5 Å². The van der Waals surface area contributed by atoms with E-state index < -0.39 is 16.0 Å². The van der Waals surface area contributed by atoms with Crippen molar-refractivity contribution in [2.45, 2.75) is 11.4 Å². The Hall–Kier alpha value is -2.37. The van der Waals surface area contributed by atoms with Crippen LogP contribution < -0.4 is 4.72 Å². The summed E-state index contributed by atoms with van der Waals surface area (Å²) in [4.78, 5) is 36.2. The van der Waals surface area contributed by atoms with Gasteiger partial charge < -0.3 is 4.74 Å². The lowest BCUT2D eigenvalue weighted by Gasteiger charge is -2.14. The number of amides is 2. The van der Waals surface area contributed by atoms with E-state index in [1.165, 1.54) is 37.4 Å². The fourth-order valence-corrected chi connectivity index (χ4v) is 4.76. The number of methoxy groups -OCH3 is 1. The highest BCUT2D eigenvalue weighted by molar-refractivity contribution is 9.10. The molecule has 2 amide bonds. The van der Waals surface area contributed by atoms with Gasteiger partial charge in [-0.3, -0.25) is 19.2 Å². The Labute approximate surface area is 179 Å². The number of nitrogens with one attached hydrogen (secondary N) is 1. The molecular weight excluding hydrogens is 484 g/mol. The van der Waals surface area contributed by atoms with Crippen LogP contribution in [-0.4, -0.2) is 43.3 Å². The van der Waals surface area contributed by atoms with Gasteiger partial charge >= 0.3 is 5.97 Å². The van der Waals surface area contributed by atoms with Crippen molar-refractivity contribution in [3.63, 3.8) is 0 Å². The van der Waals surface area contributed by atoms with E-state index in [1.54, 1.807) is 12.1 Å². The van der Waals surface area contributed by atoms with E-state index in [9.17, 15) is 22.8 Å². The second-order valence-corrected chi connectivity index (χ2v) is 9.43. The van der Waals surface area contributed by atoms with Crippen LogP contribution in [0.2, 0.25) is 0 Å². The maximum Gasteiger partial charge on any atom is 0.339 e. The molecule has 2 aromatic carbocycles. The van der Waals surface area contributed by atoms with Crippen LogP contribution in [0.25, 0.3) is 0 Å². The van der Waals surface area contributed by atoms with E-state index in [0.717, 1.165) is 16.7 Å². The lowest BCUT2D eigenvalue weighted by molar-refractivity contribution is -0.125. The van der Waals surface area contributed by atoms with Crippen molar-refractivity contribution in [2.75, 3.05) is 17.6 Å². The van der Waals surface area contributed by atoms with Crippen molar-refractivity contribution in [1.29, 1.82) is 0 Å². The SMILES string of the molecule is COC(=O)c1cc(S(=O)(=O)Nc2ccc(CN3C(=O)CSC3=O)cc2)ccc1Br. The molecule has 2 aromatic rings. The molecule has 0 spiro atoms. The predicted octanol–water partition coefficient (Wildman–Crippen LogP) is 3.23. The number of imide groups is 1. The minimum atomic E-state index is -3.95. The van der Waals surface area contributed by atoms with Gasteiger partial charge in [0.25, 0.3) is 15.3 Å². The zero-order valence-corrected chi connectivity index (χ0v) is 18.3. The lowest BCUT2D eigenvalue weighted by Crippen LogP contribution is -2.27. The number of carbonyl (C=O) groups is 3. The van der Waals surface area contributed by atoms with Crippen LogP contribution in [0.1, 0.15) is 15.9 Å². The molecular formula is C18H15BrN2O6S2. The molecule has 0 aromatic heterocycles. The number of carbonyl (C=O) groups excluding carboxylic acids is 3. The van der Waals surface area contributed by atoms with Gasteiger partial charge in [-0.05, 0) is 51.8 Å². The third-order valence-electron chi connectivity index (χ3n) is 4.04. The van der Waals surface area contributed by atoms with Crippen molar-refractivity contribution in [3.05, 3.63) is 58.1 Å². The normalized spacial score (nSPS) is 14.2. The highest BCUT2D eigenvalue weighted by Crippen LogP contribution is 2.25. The number of esters is 1. The molecule has 152 valence electrons. The van der Waals surface area contributed by atoms with Crippen LogP contribution in [-0.2, 0) is 26.1 Å². The highest BCUT2D eigenvalue weighted by atomic mass is 79.9. The van der Waals surface area contributed by atoms with Gasteiger partial charge in [0, 0.05) is 10.2 Å². The standard InChI is InChI=1S/C18H15BrN2O6S2/c1-27-17(23)14-8-13(6-7-15(14)19)29(25,26)20-12-4-2-11(3-5-12)9-21-16(22)10-28-18(21)24/h2-8,20H,9-10H2,1H3. The van der Waals surface area contributed by atoms with Gasteiger partial charge in [-0.15, -0.1) is 0 Å². The predicted molar refractivity (Wildman–Crippen MR) is 111 cm³/mol. The monoisotopic (exact) mass is 498 g/mol. The van der Waals surface area contributed by atoms with E-state index >= 15 is 0 Å². The molecule has 1 N–H and O–H groups in total. The molecule has 1 fully saturated rings. The topological polar surface area (TPSA) is 110 Å². The largest absolute Gasteiger partial charge is 0.465 e. The van der Waals surface area contributed by atoms with Crippen molar-refractivity contribution < 1.29 is 27.5 Å². The summed E-state index contributed by atoms with van der Waals surface area (Å²) in [6, 6.07) is 10.3. The van der Waals surface area contributed by atoms with E-state index in [-0.39, 0.29) is 33.9 Å². The number of nitrogens with zero attached hydrogens (tertiary/aromatic N) is 1. The number of halogens is 1. The molecule has 1 aliphatic heterocycles. The molecule has 0 atom stereocenters. The molecule has 1 saturated heterocycles. The van der Waals surface area contributed by atoms with Gasteiger partial charge in [-0.2, -0.15) is 0 Å². The molecule has 3 rings (SSSR count). The highest BCUT2D eigenvalue weighted by Gasteiger charge is 2.29. The summed E-state index contributed by atoms with van der Waals surface area (Å²) in [6.45, 7) is 0.132. The van der Waals surface area contributed by atoms with Gasteiger partial charge in [0.1, 0.15) is 0 Å². The summed E-state index contributed by atoms with van der Waals surface area (Å²) in [5.41, 5.74) is 1.07. The number of benzene rings is 2. The summed E-state index contributed by atoms with van der Waals surface area (Å²) in [7, 11) is -2.74. The smallest absolute Gasteiger partial charge is 0.339 e. The fraction of sp³-hybridized carbons (Fsp3) is 0.167. The van der Waals surface area contributed by atoms with Crippen LogP contribution in [0.3, 0.4) is 0 Å². The second kappa shape index (κ2) is 8.56. The summed E-state index contributed by atoms with van der Waals surface area (Å²) in [5, 5.41) is -0.295. The molecule has 0 radical (unpaired) electrons.